The Hall–Kier alpha value is -2.11. The number of amides is 1. The molecule has 0 bridgehead atoms. The van der Waals surface area contributed by atoms with Crippen LogP contribution >= 0.6 is 0 Å². The zero-order valence-electron chi connectivity index (χ0n) is 12.1. The number of carbonyl (C=O) groups excluding carboxylic acids is 1. The van der Waals surface area contributed by atoms with Crippen LogP contribution in [0.4, 0.5) is 11.4 Å². The van der Waals surface area contributed by atoms with Crippen LogP contribution in [0, 0.1) is 16.0 Å². The van der Waals surface area contributed by atoms with Crippen LogP contribution in [0.25, 0.3) is 0 Å². The molecule has 0 aliphatic rings. The van der Waals surface area contributed by atoms with Gasteiger partial charge in [-0.2, -0.15) is 0 Å². The lowest BCUT2D eigenvalue weighted by atomic mass is 10.1. The van der Waals surface area contributed by atoms with E-state index in [1.54, 1.807) is 4.90 Å². The lowest BCUT2D eigenvalue weighted by Gasteiger charge is -2.24. The number of nitro groups is 1. The molecule has 0 spiro atoms. The van der Waals surface area contributed by atoms with Gasteiger partial charge in [0.05, 0.1) is 4.92 Å². The number of rotatable bonds is 6. The van der Waals surface area contributed by atoms with Gasteiger partial charge in [-0.15, -0.1) is 0 Å². The van der Waals surface area contributed by atoms with E-state index in [4.69, 9.17) is 5.73 Å². The Balaban J connectivity index is 3.01. The van der Waals surface area contributed by atoms with Crippen molar-refractivity contribution in [1.29, 1.82) is 0 Å². The number of hydrogen-bond acceptors (Lipinski definition) is 4. The summed E-state index contributed by atoms with van der Waals surface area (Å²) in [6.07, 6.45) is 0.978. The van der Waals surface area contributed by atoms with Crippen molar-refractivity contribution in [2.45, 2.75) is 27.2 Å². The standard InChI is InChI=1S/C14H21N3O3/c1-4-10(3)9-16(5-2)14(18)11-6-7-12(15)13(8-11)17(19)20/h6-8,10H,4-5,9,15H2,1-3H3. The smallest absolute Gasteiger partial charge is 0.292 e. The van der Waals surface area contributed by atoms with E-state index < -0.39 is 4.92 Å². The van der Waals surface area contributed by atoms with Crippen LogP contribution in [0.5, 0.6) is 0 Å². The highest BCUT2D eigenvalue weighted by atomic mass is 16.6. The molecule has 6 heteroatoms. The Labute approximate surface area is 118 Å². The van der Waals surface area contributed by atoms with Gasteiger partial charge in [0.2, 0.25) is 0 Å². The third-order valence-corrected chi connectivity index (χ3v) is 3.37. The third-order valence-electron chi connectivity index (χ3n) is 3.37. The van der Waals surface area contributed by atoms with Gasteiger partial charge < -0.3 is 10.6 Å². The monoisotopic (exact) mass is 279 g/mol. The first-order valence-electron chi connectivity index (χ1n) is 6.73. The van der Waals surface area contributed by atoms with E-state index in [0.29, 0.717) is 24.6 Å². The predicted octanol–water partition coefficient (Wildman–Crippen LogP) is 2.69. The van der Waals surface area contributed by atoms with Gasteiger partial charge in [-0.1, -0.05) is 20.3 Å². The summed E-state index contributed by atoms with van der Waals surface area (Å²) in [4.78, 5) is 24.4. The molecule has 1 aromatic rings. The quantitative estimate of drug-likeness (QED) is 0.492. The van der Waals surface area contributed by atoms with Crippen molar-refractivity contribution in [2.24, 2.45) is 5.92 Å². The summed E-state index contributed by atoms with van der Waals surface area (Å²) in [7, 11) is 0. The summed E-state index contributed by atoms with van der Waals surface area (Å²) in [5.74, 6) is 0.193. The maximum absolute atomic E-state index is 12.4. The molecule has 110 valence electrons. The van der Waals surface area contributed by atoms with Crippen LogP contribution in [0.2, 0.25) is 0 Å². The average Bonchev–Trinajstić information content (AvgIpc) is 2.43. The Bertz CT molecular complexity index is 502. The number of benzene rings is 1. The summed E-state index contributed by atoms with van der Waals surface area (Å²) in [5, 5.41) is 10.9. The van der Waals surface area contributed by atoms with Gasteiger partial charge in [-0.3, -0.25) is 14.9 Å². The van der Waals surface area contributed by atoms with Crippen molar-refractivity contribution in [3.8, 4) is 0 Å². The number of anilines is 1. The molecule has 0 aliphatic heterocycles. The van der Waals surface area contributed by atoms with Gasteiger partial charge in [0, 0.05) is 24.7 Å². The van der Waals surface area contributed by atoms with E-state index in [9.17, 15) is 14.9 Å². The summed E-state index contributed by atoms with van der Waals surface area (Å²) in [5.41, 5.74) is 5.68. The fraction of sp³-hybridized carbons (Fsp3) is 0.500. The highest BCUT2D eigenvalue weighted by Gasteiger charge is 2.20. The second kappa shape index (κ2) is 6.88. The molecule has 1 unspecified atom stereocenters. The molecule has 1 amide bonds. The number of nitro benzene ring substituents is 1. The first-order chi connectivity index (χ1) is 9.40. The summed E-state index contributed by atoms with van der Waals surface area (Å²) in [6.45, 7) is 7.25. The molecule has 0 saturated carbocycles. The van der Waals surface area contributed by atoms with Crippen molar-refractivity contribution < 1.29 is 9.72 Å². The Morgan fingerprint density at radius 2 is 2.10 bits per heavy atom. The van der Waals surface area contributed by atoms with Crippen LogP contribution in [0.3, 0.4) is 0 Å². The van der Waals surface area contributed by atoms with Gasteiger partial charge in [-0.25, -0.2) is 0 Å². The number of nitrogen functional groups attached to an aromatic ring is 1. The molecule has 0 radical (unpaired) electrons. The first kappa shape index (κ1) is 15.9. The number of hydrogen-bond donors (Lipinski definition) is 1. The fourth-order valence-electron chi connectivity index (χ4n) is 1.88. The highest BCUT2D eigenvalue weighted by molar-refractivity contribution is 5.95. The summed E-state index contributed by atoms with van der Waals surface area (Å²) >= 11 is 0. The zero-order valence-corrected chi connectivity index (χ0v) is 12.1. The van der Waals surface area contributed by atoms with Gasteiger partial charge in [0.25, 0.3) is 11.6 Å². The molecule has 1 rings (SSSR count). The maximum Gasteiger partial charge on any atom is 0.292 e. The normalized spacial score (nSPS) is 11.9. The van der Waals surface area contributed by atoms with Gasteiger partial charge in [-0.05, 0) is 25.0 Å². The molecule has 0 aliphatic carbocycles. The third kappa shape index (κ3) is 3.69. The lowest BCUT2D eigenvalue weighted by Crippen LogP contribution is -2.34. The van der Waals surface area contributed by atoms with E-state index in [2.05, 4.69) is 13.8 Å². The minimum atomic E-state index is -0.572. The van der Waals surface area contributed by atoms with Crippen molar-refractivity contribution in [3.63, 3.8) is 0 Å². The molecule has 0 aromatic heterocycles. The van der Waals surface area contributed by atoms with Crippen LogP contribution in [-0.2, 0) is 0 Å². The topological polar surface area (TPSA) is 89.5 Å². The number of nitrogens with two attached hydrogens (primary N) is 1. The summed E-state index contributed by atoms with van der Waals surface area (Å²) in [6, 6.07) is 4.18. The number of carbonyl (C=O) groups is 1. The van der Waals surface area contributed by atoms with Crippen LogP contribution in [-0.4, -0.2) is 28.8 Å². The molecule has 20 heavy (non-hydrogen) atoms. The van der Waals surface area contributed by atoms with Crippen molar-refractivity contribution in [2.75, 3.05) is 18.8 Å². The van der Waals surface area contributed by atoms with E-state index in [-0.39, 0.29) is 17.3 Å². The minimum absolute atomic E-state index is 0.0662. The van der Waals surface area contributed by atoms with Gasteiger partial charge in [0.15, 0.2) is 0 Å². The molecular formula is C14H21N3O3. The molecule has 1 aromatic carbocycles. The van der Waals surface area contributed by atoms with Crippen molar-refractivity contribution >= 4 is 17.3 Å². The first-order valence-corrected chi connectivity index (χ1v) is 6.73. The van der Waals surface area contributed by atoms with Gasteiger partial charge >= 0.3 is 0 Å². The molecular weight excluding hydrogens is 258 g/mol. The van der Waals surface area contributed by atoms with Crippen LogP contribution in [0.1, 0.15) is 37.6 Å². The largest absolute Gasteiger partial charge is 0.393 e. The minimum Gasteiger partial charge on any atom is -0.393 e. The SMILES string of the molecule is CCC(C)CN(CC)C(=O)c1ccc(N)c([N+](=O)[O-])c1. The second-order valence-electron chi connectivity index (χ2n) is 4.89. The van der Waals surface area contributed by atoms with E-state index in [0.717, 1.165) is 6.42 Å². The molecule has 0 heterocycles. The van der Waals surface area contributed by atoms with E-state index >= 15 is 0 Å². The van der Waals surface area contributed by atoms with Crippen LogP contribution < -0.4 is 5.73 Å². The van der Waals surface area contributed by atoms with Crippen molar-refractivity contribution in [1.82, 2.24) is 4.90 Å². The maximum atomic E-state index is 12.4. The molecule has 0 fully saturated rings. The predicted molar refractivity (Wildman–Crippen MR) is 78.5 cm³/mol. The second-order valence-corrected chi connectivity index (χ2v) is 4.89. The van der Waals surface area contributed by atoms with Gasteiger partial charge in [0.1, 0.15) is 5.69 Å². The Morgan fingerprint density at radius 3 is 2.60 bits per heavy atom. The zero-order chi connectivity index (χ0) is 15.3. The highest BCUT2D eigenvalue weighted by Crippen LogP contribution is 2.23. The Kier molecular flexibility index (Phi) is 5.49. The summed E-state index contributed by atoms with van der Waals surface area (Å²) < 4.78 is 0. The molecule has 2 N–H and O–H groups in total. The fourth-order valence-corrected chi connectivity index (χ4v) is 1.88. The molecule has 1 atom stereocenters. The molecule has 6 nitrogen and oxygen atoms in total. The number of nitrogens with zero attached hydrogens (tertiary/aromatic N) is 2. The Morgan fingerprint density at radius 1 is 1.45 bits per heavy atom. The average molecular weight is 279 g/mol. The van der Waals surface area contributed by atoms with E-state index in [1.807, 2.05) is 6.92 Å². The van der Waals surface area contributed by atoms with Crippen LogP contribution in [0.15, 0.2) is 18.2 Å². The lowest BCUT2D eigenvalue weighted by molar-refractivity contribution is -0.383. The van der Waals surface area contributed by atoms with Crippen molar-refractivity contribution in [3.05, 3.63) is 33.9 Å². The van der Waals surface area contributed by atoms with E-state index in [1.165, 1.54) is 18.2 Å². The molecule has 0 saturated heterocycles.